The van der Waals surface area contributed by atoms with Gasteiger partial charge in [-0.3, -0.25) is 0 Å². The van der Waals surface area contributed by atoms with E-state index in [1.54, 1.807) is 0 Å². The molecule has 0 amide bonds. The standard InChI is InChI=1S/C14H29NO4/c1-2-3-9-18-12-13(17)11-15-6-4-14(5-7-15)19-10-8-16/h13-14,16-17H,2-12H2,1H3. The van der Waals surface area contributed by atoms with Crippen molar-refractivity contribution in [3.8, 4) is 0 Å². The summed E-state index contributed by atoms with van der Waals surface area (Å²) in [6.07, 6.45) is 4.00. The summed E-state index contributed by atoms with van der Waals surface area (Å²) < 4.78 is 10.9. The largest absolute Gasteiger partial charge is 0.394 e. The summed E-state index contributed by atoms with van der Waals surface area (Å²) in [7, 11) is 0. The van der Waals surface area contributed by atoms with Gasteiger partial charge in [0, 0.05) is 26.2 Å². The zero-order valence-corrected chi connectivity index (χ0v) is 12.1. The number of likely N-dealkylation sites (tertiary alicyclic amines) is 1. The quantitative estimate of drug-likeness (QED) is 0.573. The molecule has 0 radical (unpaired) electrons. The van der Waals surface area contributed by atoms with E-state index in [1.807, 2.05) is 0 Å². The van der Waals surface area contributed by atoms with E-state index in [4.69, 9.17) is 14.6 Å². The van der Waals surface area contributed by atoms with Gasteiger partial charge in [0.2, 0.25) is 0 Å². The summed E-state index contributed by atoms with van der Waals surface area (Å²) in [5, 5.41) is 18.6. The van der Waals surface area contributed by atoms with Gasteiger partial charge in [-0.15, -0.1) is 0 Å². The Morgan fingerprint density at radius 2 is 2.00 bits per heavy atom. The SMILES string of the molecule is CCCCOCC(O)CN1CCC(OCCO)CC1. The number of ether oxygens (including phenoxy) is 2. The Bertz CT molecular complexity index is 208. The Labute approximate surface area is 116 Å². The van der Waals surface area contributed by atoms with Gasteiger partial charge in [0.05, 0.1) is 32.0 Å². The zero-order valence-electron chi connectivity index (χ0n) is 12.1. The fraction of sp³-hybridized carbons (Fsp3) is 1.00. The molecule has 1 aliphatic heterocycles. The van der Waals surface area contributed by atoms with Crippen LogP contribution in [0.2, 0.25) is 0 Å². The van der Waals surface area contributed by atoms with E-state index in [0.29, 0.717) is 19.8 Å². The molecule has 1 unspecified atom stereocenters. The highest BCUT2D eigenvalue weighted by atomic mass is 16.5. The van der Waals surface area contributed by atoms with Crippen LogP contribution in [0.25, 0.3) is 0 Å². The highest BCUT2D eigenvalue weighted by molar-refractivity contribution is 4.74. The van der Waals surface area contributed by atoms with E-state index < -0.39 is 6.10 Å². The van der Waals surface area contributed by atoms with Crippen LogP contribution in [-0.2, 0) is 9.47 Å². The topological polar surface area (TPSA) is 62.2 Å². The van der Waals surface area contributed by atoms with E-state index in [0.717, 1.165) is 45.4 Å². The van der Waals surface area contributed by atoms with Crippen molar-refractivity contribution in [2.75, 3.05) is 46.1 Å². The number of aliphatic hydroxyl groups excluding tert-OH is 2. The second-order valence-electron chi connectivity index (χ2n) is 5.18. The number of hydrogen-bond donors (Lipinski definition) is 2. The maximum Gasteiger partial charge on any atom is 0.0900 e. The second-order valence-corrected chi connectivity index (χ2v) is 5.18. The Hall–Kier alpha value is -0.200. The van der Waals surface area contributed by atoms with E-state index >= 15 is 0 Å². The first-order valence-corrected chi connectivity index (χ1v) is 7.46. The van der Waals surface area contributed by atoms with Crippen LogP contribution >= 0.6 is 0 Å². The fourth-order valence-corrected chi connectivity index (χ4v) is 2.29. The molecule has 2 N–H and O–H groups in total. The van der Waals surface area contributed by atoms with E-state index in [2.05, 4.69) is 11.8 Å². The maximum absolute atomic E-state index is 9.88. The number of aliphatic hydroxyl groups is 2. The average Bonchev–Trinajstić information content (AvgIpc) is 2.43. The smallest absolute Gasteiger partial charge is 0.0900 e. The van der Waals surface area contributed by atoms with Crippen LogP contribution in [0.3, 0.4) is 0 Å². The van der Waals surface area contributed by atoms with Crippen LogP contribution < -0.4 is 0 Å². The molecule has 0 aromatic rings. The van der Waals surface area contributed by atoms with Crippen molar-refractivity contribution in [2.45, 2.75) is 44.8 Å². The molecule has 0 spiro atoms. The lowest BCUT2D eigenvalue weighted by atomic mass is 10.1. The molecule has 1 heterocycles. The Kier molecular flexibility index (Phi) is 9.38. The fourth-order valence-electron chi connectivity index (χ4n) is 2.29. The van der Waals surface area contributed by atoms with Crippen molar-refractivity contribution in [3.05, 3.63) is 0 Å². The third-order valence-electron chi connectivity index (χ3n) is 3.40. The average molecular weight is 275 g/mol. The number of β-amino-alcohol motifs (C(OH)–C–C–N with tert-alkyl or cyclic N) is 1. The first kappa shape index (κ1) is 16.9. The third kappa shape index (κ3) is 7.84. The molecule has 0 bridgehead atoms. The Morgan fingerprint density at radius 3 is 2.63 bits per heavy atom. The van der Waals surface area contributed by atoms with Crippen LogP contribution in [0.4, 0.5) is 0 Å². The normalized spacial score (nSPS) is 19.7. The molecule has 1 fully saturated rings. The molecule has 1 saturated heterocycles. The van der Waals surface area contributed by atoms with E-state index in [9.17, 15) is 5.11 Å². The van der Waals surface area contributed by atoms with E-state index in [1.165, 1.54) is 0 Å². The number of hydrogen-bond acceptors (Lipinski definition) is 5. The minimum Gasteiger partial charge on any atom is -0.394 e. The van der Waals surface area contributed by atoms with Crippen LogP contribution in [0, 0.1) is 0 Å². The maximum atomic E-state index is 9.88. The van der Waals surface area contributed by atoms with Gasteiger partial charge < -0.3 is 24.6 Å². The lowest BCUT2D eigenvalue weighted by Gasteiger charge is -2.32. The number of nitrogens with zero attached hydrogens (tertiary/aromatic N) is 1. The number of piperidine rings is 1. The van der Waals surface area contributed by atoms with Crippen molar-refractivity contribution in [1.29, 1.82) is 0 Å². The summed E-state index contributed by atoms with van der Waals surface area (Å²) in [4.78, 5) is 2.26. The summed E-state index contributed by atoms with van der Waals surface area (Å²) in [6, 6.07) is 0. The Morgan fingerprint density at radius 1 is 1.26 bits per heavy atom. The summed E-state index contributed by atoms with van der Waals surface area (Å²) >= 11 is 0. The minimum atomic E-state index is -0.397. The lowest BCUT2D eigenvalue weighted by Crippen LogP contribution is -2.42. The summed E-state index contributed by atoms with van der Waals surface area (Å²) in [5.41, 5.74) is 0. The van der Waals surface area contributed by atoms with Gasteiger partial charge in [-0.05, 0) is 19.3 Å². The number of unbranched alkanes of at least 4 members (excludes halogenated alkanes) is 1. The van der Waals surface area contributed by atoms with Crippen LogP contribution in [0.1, 0.15) is 32.6 Å². The van der Waals surface area contributed by atoms with Crippen LogP contribution in [0.5, 0.6) is 0 Å². The minimum absolute atomic E-state index is 0.0913. The first-order chi connectivity index (χ1) is 9.26. The highest BCUT2D eigenvalue weighted by Gasteiger charge is 2.21. The summed E-state index contributed by atoms with van der Waals surface area (Å²) in [6.45, 7) is 6.39. The Balaban J connectivity index is 2.04. The van der Waals surface area contributed by atoms with Crippen molar-refractivity contribution in [2.24, 2.45) is 0 Å². The highest BCUT2D eigenvalue weighted by Crippen LogP contribution is 2.13. The molecule has 1 aliphatic rings. The molecule has 0 saturated carbocycles. The molecule has 1 atom stereocenters. The predicted octanol–water partition coefficient (Wildman–Crippen LogP) is 0.637. The van der Waals surface area contributed by atoms with E-state index in [-0.39, 0.29) is 12.7 Å². The van der Waals surface area contributed by atoms with Crippen molar-refractivity contribution >= 4 is 0 Å². The monoisotopic (exact) mass is 275 g/mol. The summed E-state index contributed by atoms with van der Waals surface area (Å²) in [5.74, 6) is 0. The molecule has 0 aromatic carbocycles. The van der Waals surface area contributed by atoms with Crippen molar-refractivity contribution in [1.82, 2.24) is 4.90 Å². The zero-order chi connectivity index (χ0) is 13.9. The first-order valence-electron chi connectivity index (χ1n) is 7.46. The molecule has 19 heavy (non-hydrogen) atoms. The molecule has 114 valence electrons. The van der Waals surface area contributed by atoms with Gasteiger partial charge in [0.15, 0.2) is 0 Å². The van der Waals surface area contributed by atoms with Gasteiger partial charge in [0.1, 0.15) is 0 Å². The number of rotatable bonds is 10. The molecule has 0 aliphatic carbocycles. The van der Waals surface area contributed by atoms with Gasteiger partial charge >= 0.3 is 0 Å². The second kappa shape index (κ2) is 10.6. The van der Waals surface area contributed by atoms with Crippen molar-refractivity contribution < 1.29 is 19.7 Å². The molecular formula is C14H29NO4. The predicted molar refractivity (Wildman–Crippen MR) is 74.2 cm³/mol. The molecule has 1 rings (SSSR count). The molecule has 5 heteroatoms. The molecule has 0 aromatic heterocycles. The lowest BCUT2D eigenvalue weighted by molar-refractivity contribution is -0.0253. The third-order valence-corrected chi connectivity index (χ3v) is 3.40. The van der Waals surface area contributed by atoms with Crippen molar-refractivity contribution in [3.63, 3.8) is 0 Å². The van der Waals surface area contributed by atoms with Crippen LogP contribution in [-0.4, -0.2) is 73.4 Å². The van der Waals surface area contributed by atoms with Gasteiger partial charge in [-0.25, -0.2) is 0 Å². The molecular weight excluding hydrogens is 246 g/mol. The van der Waals surface area contributed by atoms with Gasteiger partial charge in [0.25, 0.3) is 0 Å². The van der Waals surface area contributed by atoms with Gasteiger partial charge in [-0.1, -0.05) is 13.3 Å². The molecule has 5 nitrogen and oxygen atoms in total. The van der Waals surface area contributed by atoms with Gasteiger partial charge in [-0.2, -0.15) is 0 Å². The van der Waals surface area contributed by atoms with Crippen LogP contribution in [0.15, 0.2) is 0 Å².